The zero-order chi connectivity index (χ0) is 16.8. The molecule has 136 valence electrons. The van der Waals surface area contributed by atoms with E-state index < -0.39 is 0 Å². The Morgan fingerprint density at radius 1 is 0.762 bits per heavy atom. The van der Waals surface area contributed by atoms with Crippen molar-refractivity contribution in [1.29, 1.82) is 0 Å². The van der Waals surface area contributed by atoms with Gasteiger partial charge in [0, 0.05) is 33.1 Å². The molecule has 0 fully saturated rings. The first kappa shape index (κ1) is 32.7. The molecule has 0 spiro atoms. The van der Waals surface area contributed by atoms with Crippen LogP contribution in [0.1, 0.15) is 55.4 Å². The highest BCUT2D eigenvalue weighted by atomic mass is 16.5. The SMILES string of the molecule is C.CCC[OH+]C.CC[OH+]C.C[OH+]C(C)C.C[OH+]CC(C)C. The Morgan fingerprint density at radius 2 is 1.14 bits per heavy atom. The van der Waals surface area contributed by atoms with Crippen molar-refractivity contribution in [2.75, 3.05) is 48.3 Å². The lowest BCUT2D eigenvalue weighted by Gasteiger charge is -1.94. The van der Waals surface area contributed by atoms with Crippen molar-refractivity contribution in [3.63, 3.8) is 0 Å². The second kappa shape index (κ2) is 36.8. The largest absolute Gasteiger partial charge is 0.436 e. The van der Waals surface area contributed by atoms with E-state index in [1.54, 1.807) is 7.11 Å². The van der Waals surface area contributed by atoms with Crippen molar-refractivity contribution in [2.45, 2.75) is 61.5 Å². The smallest absolute Gasteiger partial charge is 0.148 e. The molecule has 4 heteroatoms. The van der Waals surface area contributed by atoms with Gasteiger partial charge in [0.25, 0.3) is 0 Å². The maximum atomic E-state index is 3.94. The predicted molar refractivity (Wildman–Crippen MR) is 99.8 cm³/mol. The quantitative estimate of drug-likeness (QED) is 0.677. The summed E-state index contributed by atoms with van der Waals surface area (Å²) in [6.07, 6.45) is 1.69. The Labute approximate surface area is 135 Å². The summed E-state index contributed by atoms with van der Waals surface area (Å²) >= 11 is 0. The normalized spacial score (nSPS) is 8.57. The number of rotatable bonds is 6. The van der Waals surface area contributed by atoms with Gasteiger partial charge in [-0.1, -0.05) is 28.2 Å². The summed E-state index contributed by atoms with van der Waals surface area (Å²) in [7, 11) is 7.31. The summed E-state index contributed by atoms with van der Waals surface area (Å²) in [5, 5.41) is 0. The Morgan fingerprint density at radius 3 is 1.14 bits per heavy atom. The molecule has 0 aromatic heterocycles. The predicted octanol–water partition coefficient (Wildman–Crippen LogP) is 2.71. The zero-order valence-corrected chi connectivity index (χ0v) is 15.8. The molecule has 4 nitrogen and oxygen atoms in total. The van der Waals surface area contributed by atoms with Gasteiger partial charge in [0.2, 0.25) is 0 Å². The van der Waals surface area contributed by atoms with E-state index in [4.69, 9.17) is 0 Å². The standard InChI is InChI=1S/C5H12O.2C4H10O.C3H8O.CH4/c1-5(2)4-6-3;1-4(2)5-3;1-3-4-5-2;1-3-4-2;/h5H,4H2,1-3H3;4H,1-3H3;3-4H2,1-2H3;3H2,1-2H3;1H4/p+4. The van der Waals surface area contributed by atoms with Crippen molar-refractivity contribution in [3.8, 4) is 0 Å². The maximum Gasteiger partial charge on any atom is 0.148 e. The lowest BCUT2D eigenvalue weighted by Crippen LogP contribution is -2.00. The minimum atomic E-state index is 0. The van der Waals surface area contributed by atoms with Gasteiger partial charge in [-0.25, -0.2) is 0 Å². The third kappa shape index (κ3) is 103. The lowest BCUT2D eigenvalue weighted by atomic mass is 10.2. The average molecular weight is 317 g/mol. The van der Waals surface area contributed by atoms with E-state index in [2.05, 4.69) is 53.6 Å². The molecule has 0 aromatic rings. The monoisotopic (exact) mass is 316 g/mol. The molecule has 0 saturated heterocycles. The molecule has 0 radical (unpaired) electrons. The molecule has 21 heavy (non-hydrogen) atoms. The molecule has 0 aliphatic heterocycles. The van der Waals surface area contributed by atoms with E-state index in [1.807, 2.05) is 28.3 Å². The van der Waals surface area contributed by atoms with Gasteiger partial charge in [0.05, 0.1) is 0 Å². The minimum Gasteiger partial charge on any atom is -0.436 e. The topological polar surface area (TPSA) is 51.2 Å². The van der Waals surface area contributed by atoms with Crippen LogP contribution in [-0.4, -0.2) is 73.3 Å². The number of ether oxygens (including phenoxy) is 4. The summed E-state index contributed by atoms with van der Waals surface area (Å²) in [4.78, 5) is 0. The van der Waals surface area contributed by atoms with Gasteiger partial charge in [-0.05, 0) is 0 Å². The van der Waals surface area contributed by atoms with E-state index in [-0.39, 0.29) is 7.43 Å². The molecule has 0 heterocycles. The summed E-state index contributed by atoms with van der Waals surface area (Å²) in [5.41, 5.74) is 0. The van der Waals surface area contributed by atoms with Crippen LogP contribution < -0.4 is 0 Å². The van der Waals surface area contributed by atoms with E-state index in [1.165, 1.54) is 6.42 Å². The molecule has 0 rings (SSSR count). The Bertz CT molecular complexity index is 113. The maximum absolute atomic E-state index is 3.94. The molecule has 0 aliphatic rings. The fourth-order valence-electron chi connectivity index (χ4n) is 0.589. The first-order valence-corrected chi connectivity index (χ1v) is 7.63. The molecule has 0 aromatic carbocycles. The summed E-state index contributed by atoms with van der Waals surface area (Å²) < 4.78 is 15.4. The first-order valence-electron chi connectivity index (χ1n) is 7.63. The van der Waals surface area contributed by atoms with Crippen LogP contribution in [0.4, 0.5) is 0 Å². The van der Waals surface area contributed by atoms with Gasteiger partial charge in [-0.3, -0.25) is 0 Å². The summed E-state index contributed by atoms with van der Waals surface area (Å²) in [5.74, 6) is 0.731. The van der Waals surface area contributed by atoms with Gasteiger partial charge in [-0.15, -0.1) is 0 Å². The second-order valence-electron chi connectivity index (χ2n) is 4.92. The van der Waals surface area contributed by atoms with E-state index in [0.717, 1.165) is 25.7 Å². The Balaban J connectivity index is -0.0000000539. The van der Waals surface area contributed by atoms with Gasteiger partial charge in [0.15, 0.2) is 0 Å². The van der Waals surface area contributed by atoms with E-state index in [9.17, 15) is 0 Å². The molecular weight excluding hydrogens is 268 g/mol. The van der Waals surface area contributed by atoms with Crippen LogP contribution in [0.3, 0.4) is 0 Å². The van der Waals surface area contributed by atoms with Crippen molar-refractivity contribution in [3.05, 3.63) is 0 Å². The first-order chi connectivity index (χ1) is 9.37. The van der Waals surface area contributed by atoms with Gasteiger partial charge in [0.1, 0.15) is 54.4 Å². The van der Waals surface area contributed by atoms with Crippen LogP contribution in [0.5, 0.6) is 0 Å². The van der Waals surface area contributed by atoms with Crippen molar-refractivity contribution in [2.24, 2.45) is 5.92 Å². The molecule has 0 amide bonds. The van der Waals surface area contributed by atoms with E-state index >= 15 is 0 Å². The summed E-state index contributed by atoms with van der Waals surface area (Å²) in [6, 6.07) is 0. The molecule has 0 saturated carbocycles. The molecular formula is C17H48O4+4. The van der Waals surface area contributed by atoms with Crippen molar-refractivity contribution in [1.82, 2.24) is 0 Å². The second-order valence-corrected chi connectivity index (χ2v) is 4.92. The van der Waals surface area contributed by atoms with Crippen LogP contribution in [0.25, 0.3) is 0 Å². The lowest BCUT2D eigenvalue weighted by molar-refractivity contribution is -0.0381. The van der Waals surface area contributed by atoms with Crippen LogP contribution in [-0.2, 0) is 0 Å². The molecule has 4 N–H and O–H groups in total. The van der Waals surface area contributed by atoms with Gasteiger partial charge in [-0.2, -0.15) is 0 Å². The number of hydrogen-bond acceptors (Lipinski definition) is 0. The van der Waals surface area contributed by atoms with Crippen LogP contribution >= 0.6 is 0 Å². The highest BCUT2D eigenvalue weighted by Crippen LogP contribution is 1.86. The molecule has 0 aliphatic carbocycles. The minimum absolute atomic E-state index is 0. The fraction of sp³-hybridized carbons (Fsp3) is 1.00. The van der Waals surface area contributed by atoms with Crippen molar-refractivity contribution >= 4 is 0 Å². The fourth-order valence-corrected chi connectivity index (χ4v) is 0.589. The van der Waals surface area contributed by atoms with E-state index in [0.29, 0.717) is 6.10 Å². The Kier molecular flexibility index (Phi) is 57.2. The molecule has 0 atom stereocenters. The average Bonchev–Trinajstić information content (AvgIpc) is 2.41. The zero-order valence-electron chi connectivity index (χ0n) is 15.8. The highest BCUT2D eigenvalue weighted by molar-refractivity contribution is 4.34. The van der Waals surface area contributed by atoms with Crippen molar-refractivity contribution < 1.29 is 18.9 Å². The van der Waals surface area contributed by atoms with Crippen LogP contribution in [0, 0.1) is 5.92 Å². The molecule has 0 unspecified atom stereocenters. The third-order valence-electron chi connectivity index (χ3n) is 1.83. The van der Waals surface area contributed by atoms with Gasteiger partial charge < -0.3 is 18.9 Å². The number of hydrogen-bond donors (Lipinski definition) is 0. The third-order valence-corrected chi connectivity index (χ3v) is 1.83. The number of aliphatic hydroxyl groups is 8. The van der Waals surface area contributed by atoms with Gasteiger partial charge >= 0.3 is 0 Å². The highest BCUT2D eigenvalue weighted by Gasteiger charge is 1.90. The summed E-state index contributed by atoms with van der Waals surface area (Å²) in [6.45, 7) is 15.5. The van der Waals surface area contributed by atoms with Crippen LogP contribution in [0.2, 0.25) is 0 Å². The Hall–Kier alpha value is -0.160. The molecule has 0 bridgehead atoms. The van der Waals surface area contributed by atoms with Crippen LogP contribution in [0.15, 0.2) is 0 Å².